The van der Waals surface area contributed by atoms with E-state index in [-0.39, 0.29) is 22.9 Å². The summed E-state index contributed by atoms with van der Waals surface area (Å²) in [6, 6.07) is 18.3. The lowest BCUT2D eigenvalue weighted by molar-refractivity contribution is 0.358. The van der Waals surface area contributed by atoms with E-state index < -0.39 is 20.0 Å². The van der Waals surface area contributed by atoms with Gasteiger partial charge in [0.05, 0.1) is 22.6 Å². The molecule has 1 fully saturated rings. The van der Waals surface area contributed by atoms with Crippen LogP contribution in [-0.2, 0) is 33.1 Å². The van der Waals surface area contributed by atoms with E-state index in [9.17, 15) is 16.8 Å². The van der Waals surface area contributed by atoms with E-state index in [1.54, 1.807) is 12.1 Å². The average molecular weight is 489 g/mol. The molecule has 1 aliphatic rings. The molecule has 0 amide bonds. The minimum atomic E-state index is -3.90. The first-order valence-electron chi connectivity index (χ1n) is 11.0. The Morgan fingerprint density at radius 1 is 0.727 bits per heavy atom. The first kappa shape index (κ1) is 23.7. The van der Waals surface area contributed by atoms with Crippen LogP contribution >= 0.6 is 0 Å². The predicted octanol–water partition coefficient (Wildman–Crippen LogP) is 4.24. The topological polar surface area (TPSA) is 87.9 Å². The molecule has 0 atom stereocenters. The summed E-state index contributed by atoms with van der Waals surface area (Å²) in [6.45, 7) is 1.22. The second-order valence-corrected chi connectivity index (χ2v) is 12.0. The summed E-state index contributed by atoms with van der Waals surface area (Å²) in [7, 11) is -7.55. The van der Waals surface area contributed by atoms with Crippen molar-refractivity contribution in [3.8, 4) is 0 Å². The van der Waals surface area contributed by atoms with Crippen molar-refractivity contribution in [3.05, 3.63) is 84.3 Å². The Balaban J connectivity index is 1.61. The fourth-order valence-corrected chi connectivity index (χ4v) is 6.86. The molecule has 7 nitrogen and oxygen atoms in total. The van der Waals surface area contributed by atoms with Crippen molar-refractivity contribution in [2.24, 2.45) is 0 Å². The number of sulfonamides is 2. The molecule has 3 aromatic rings. The zero-order chi connectivity index (χ0) is 23.3. The second kappa shape index (κ2) is 10.2. The van der Waals surface area contributed by atoms with Gasteiger partial charge in [-0.05, 0) is 54.8 Å². The van der Waals surface area contributed by atoms with Gasteiger partial charge >= 0.3 is 0 Å². The molecule has 33 heavy (non-hydrogen) atoms. The lowest BCUT2D eigenvalue weighted by Crippen LogP contribution is -2.32. The molecule has 0 spiro atoms. The number of furan rings is 1. The molecule has 0 radical (unpaired) electrons. The normalized spacial score (nSPS) is 16.0. The van der Waals surface area contributed by atoms with Crippen LogP contribution < -0.4 is 0 Å². The van der Waals surface area contributed by atoms with E-state index in [2.05, 4.69) is 0 Å². The molecule has 176 valence electrons. The molecule has 0 aliphatic carbocycles. The zero-order valence-electron chi connectivity index (χ0n) is 18.3. The Bertz CT molecular complexity index is 1230. The van der Waals surface area contributed by atoms with Crippen molar-refractivity contribution < 1.29 is 21.3 Å². The van der Waals surface area contributed by atoms with E-state index in [1.165, 1.54) is 39.1 Å². The maximum absolute atomic E-state index is 13.5. The molecule has 1 aliphatic heterocycles. The summed E-state index contributed by atoms with van der Waals surface area (Å²) in [5.74, 6) is 0.523. The molecule has 9 heteroatoms. The summed E-state index contributed by atoms with van der Waals surface area (Å²) in [5, 5.41) is 0. The maximum Gasteiger partial charge on any atom is 0.243 e. The first-order chi connectivity index (χ1) is 15.9. The molecule has 2 heterocycles. The highest BCUT2D eigenvalue weighted by molar-refractivity contribution is 7.89. The second-order valence-electron chi connectivity index (χ2n) is 8.13. The Labute approximate surface area is 195 Å². The van der Waals surface area contributed by atoms with Crippen LogP contribution in [0.2, 0.25) is 0 Å². The fourth-order valence-electron chi connectivity index (χ4n) is 3.95. The Morgan fingerprint density at radius 3 is 1.97 bits per heavy atom. The van der Waals surface area contributed by atoms with Gasteiger partial charge in [0, 0.05) is 19.6 Å². The number of rotatable bonds is 8. The van der Waals surface area contributed by atoms with Gasteiger partial charge in [0.2, 0.25) is 20.0 Å². The molecule has 0 saturated carbocycles. The summed E-state index contributed by atoms with van der Waals surface area (Å²) in [4.78, 5) is 0.156. The van der Waals surface area contributed by atoms with Gasteiger partial charge in [-0.2, -0.15) is 8.61 Å². The van der Waals surface area contributed by atoms with Crippen LogP contribution in [-0.4, -0.2) is 38.5 Å². The number of nitrogens with zero attached hydrogens (tertiary/aromatic N) is 2. The minimum Gasteiger partial charge on any atom is -0.468 e. The van der Waals surface area contributed by atoms with E-state index in [0.29, 0.717) is 18.8 Å². The number of hydrogen-bond acceptors (Lipinski definition) is 5. The van der Waals surface area contributed by atoms with Crippen LogP contribution in [0.1, 0.15) is 37.0 Å². The highest BCUT2D eigenvalue weighted by Crippen LogP contribution is 2.25. The van der Waals surface area contributed by atoms with Crippen LogP contribution in [0.4, 0.5) is 0 Å². The van der Waals surface area contributed by atoms with Crippen LogP contribution in [0.15, 0.2) is 87.2 Å². The molecule has 1 aromatic heterocycles. The van der Waals surface area contributed by atoms with Gasteiger partial charge in [0.25, 0.3) is 0 Å². The lowest BCUT2D eigenvalue weighted by Gasteiger charge is -2.22. The lowest BCUT2D eigenvalue weighted by atomic mass is 10.2. The van der Waals surface area contributed by atoms with Gasteiger partial charge < -0.3 is 4.42 Å². The van der Waals surface area contributed by atoms with Crippen molar-refractivity contribution in [1.29, 1.82) is 0 Å². The molecular formula is C24H28N2O5S2. The summed E-state index contributed by atoms with van der Waals surface area (Å²) in [6.07, 6.45) is 5.23. The predicted molar refractivity (Wildman–Crippen MR) is 125 cm³/mol. The summed E-state index contributed by atoms with van der Waals surface area (Å²) in [5.41, 5.74) is 0.841. The van der Waals surface area contributed by atoms with Crippen LogP contribution in [0.5, 0.6) is 0 Å². The smallest absolute Gasteiger partial charge is 0.243 e. The molecule has 2 aromatic carbocycles. The molecule has 1 saturated heterocycles. The van der Waals surface area contributed by atoms with Crippen molar-refractivity contribution in [1.82, 2.24) is 8.61 Å². The van der Waals surface area contributed by atoms with Gasteiger partial charge in [0.15, 0.2) is 0 Å². The largest absolute Gasteiger partial charge is 0.468 e. The van der Waals surface area contributed by atoms with E-state index in [4.69, 9.17) is 4.42 Å². The van der Waals surface area contributed by atoms with E-state index in [0.717, 1.165) is 31.2 Å². The van der Waals surface area contributed by atoms with Crippen molar-refractivity contribution >= 4 is 20.0 Å². The van der Waals surface area contributed by atoms with Gasteiger partial charge in [-0.1, -0.05) is 43.2 Å². The molecule has 0 bridgehead atoms. The van der Waals surface area contributed by atoms with Crippen LogP contribution in [0, 0.1) is 0 Å². The minimum absolute atomic E-state index is 0.0415. The quantitative estimate of drug-likeness (QED) is 0.473. The fraction of sp³-hybridized carbons (Fsp3) is 0.333. The maximum atomic E-state index is 13.5. The van der Waals surface area contributed by atoms with Crippen molar-refractivity contribution in [2.75, 3.05) is 13.1 Å². The monoisotopic (exact) mass is 488 g/mol. The third-order valence-electron chi connectivity index (χ3n) is 5.78. The highest BCUT2D eigenvalue weighted by Gasteiger charge is 2.28. The van der Waals surface area contributed by atoms with Gasteiger partial charge in [-0.25, -0.2) is 16.8 Å². The molecular weight excluding hydrogens is 460 g/mol. The summed E-state index contributed by atoms with van der Waals surface area (Å²) < 4.78 is 61.3. The standard InChI is InChI=1S/C24H28N2O5S2/c27-32(28,25-16-6-1-2-7-17-25)23-12-14-24(15-13-23)33(29,30)26(20-22-11-8-18-31-22)19-21-9-4-3-5-10-21/h3-5,8-15,18H,1-2,6-7,16-17,19-20H2. The van der Waals surface area contributed by atoms with Crippen LogP contribution in [0.3, 0.4) is 0 Å². The highest BCUT2D eigenvalue weighted by atomic mass is 32.2. The van der Waals surface area contributed by atoms with Crippen molar-refractivity contribution in [2.45, 2.75) is 48.6 Å². The number of benzene rings is 2. The Kier molecular flexibility index (Phi) is 7.33. The molecule has 0 unspecified atom stereocenters. The Hall–Kier alpha value is -2.46. The Morgan fingerprint density at radius 2 is 1.36 bits per heavy atom. The molecule has 0 N–H and O–H groups in total. The zero-order valence-corrected chi connectivity index (χ0v) is 20.0. The average Bonchev–Trinajstić information content (AvgIpc) is 3.17. The van der Waals surface area contributed by atoms with E-state index >= 15 is 0 Å². The van der Waals surface area contributed by atoms with Gasteiger partial charge in [-0.3, -0.25) is 0 Å². The van der Waals surface area contributed by atoms with Crippen molar-refractivity contribution in [3.63, 3.8) is 0 Å². The van der Waals surface area contributed by atoms with Gasteiger partial charge in [-0.15, -0.1) is 0 Å². The third kappa shape index (κ3) is 5.55. The first-order valence-corrected chi connectivity index (χ1v) is 13.9. The SMILES string of the molecule is O=S(=O)(c1ccc(S(=O)(=O)N(Cc2ccccc2)Cc2ccco2)cc1)N1CCCCCC1. The van der Waals surface area contributed by atoms with E-state index in [1.807, 2.05) is 30.3 Å². The van der Waals surface area contributed by atoms with Gasteiger partial charge in [0.1, 0.15) is 5.76 Å². The number of hydrogen-bond donors (Lipinski definition) is 0. The third-order valence-corrected chi connectivity index (χ3v) is 9.50. The van der Waals surface area contributed by atoms with Crippen LogP contribution in [0.25, 0.3) is 0 Å². The summed E-state index contributed by atoms with van der Waals surface area (Å²) >= 11 is 0. The molecule has 4 rings (SSSR count).